The molecule has 104 valence electrons. The summed E-state index contributed by atoms with van der Waals surface area (Å²) < 4.78 is 5.10. The Balaban J connectivity index is 2.42. The van der Waals surface area contributed by atoms with Crippen LogP contribution in [0.4, 0.5) is 4.79 Å². The molecular formula is C15H21NO3. The molecule has 1 amide bonds. The fourth-order valence-corrected chi connectivity index (χ4v) is 1.38. The van der Waals surface area contributed by atoms with Crippen LogP contribution in [0.25, 0.3) is 6.08 Å². The lowest BCUT2D eigenvalue weighted by molar-refractivity contribution is 0.0534. The highest BCUT2D eigenvalue weighted by Gasteiger charge is 2.14. The number of carbonyl (C=O) groups is 1. The van der Waals surface area contributed by atoms with Crippen LogP contribution in [-0.2, 0) is 4.74 Å². The van der Waals surface area contributed by atoms with E-state index in [0.29, 0.717) is 6.54 Å². The third-order valence-corrected chi connectivity index (χ3v) is 2.31. The van der Waals surface area contributed by atoms with Crippen LogP contribution < -0.4 is 5.32 Å². The molecule has 1 rings (SSSR count). The second-order valence-electron chi connectivity index (χ2n) is 5.33. The summed E-state index contributed by atoms with van der Waals surface area (Å²) in [6.07, 6.45) is 3.19. The predicted molar refractivity (Wildman–Crippen MR) is 76.1 cm³/mol. The van der Waals surface area contributed by atoms with E-state index in [0.717, 1.165) is 11.1 Å². The van der Waals surface area contributed by atoms with E-state index in [9.17, 15) is 9.90 Å². The molecule has 0 aliphatic carbocycles. The standard InChI is InChI=1S/C15H21NO3/c1-11-7-8-12(10-13(11)17)6-5-9-16-14(18)19-15(2,3)4/h5-8,10,17H,9H2,1-4H3,(H,16,18). The summed E-state index contributed by atoms with van der Waals surface area (Å²) in [7, 11) is 0. The Labute approximate surface area is 114 Å². The highest BCUT2D eigenvalue weighted by atomic mass is 16.6. The molecule has 0 atom stereocenters. The van der Waals surface area contributed by atoms with Gasteiger partial charge in [-0.1, -0.05) is 24.3 Å². The van der Waals surface area contributed by atoms with Gasteiger partial charge in [-0.15, -0.1) is 0 Å². The van der Waals surface area contributed by atoms with Gasteiger partial charge in [0.1, 0.15) is 11.4 Å². The van der Waals surface area contributed by atoms with E-state index < -0.39 is 11.7 Å². The van der Waals surface area contributed by atoms with Crippen molar-refractivity contribution >= 4 is 12.2 Å². The van der Waals surface area contributed by atoms with Crippen molar-refractivity contribution in [2.24, 2.45) is 0 Å². The molecule has 0 aliphatic heterocycles. The van der Waals surface area contributed by atoms with E-state index in [-0.39, 0.29) is 5.75 Å². The number of hydrogen-bond donors (Lipinski definition) is 2. The smallest absolute Gasteiger partial charge is 0.407 e. The molecule has 0 aliphatic rings. The first-order valence-electron chi connectivity index (χ1n) is 6.21. The normalized spacial score (nSPS) is 11.6. The van der Waals surface area contributed by atoms with Crippen LogP contribution in [0.3, 0.4) is 0 Å². The van der Waals surface area contributed by atoms with Crippen molar-refractivity contribution in [2.45, 2.75) is 33.3 Å². The van der Waals surface area contributed by atoms with E-state index in [1.165, 1.54) is 0 Å². The van der Waals surface area contributed by atoms with Crippen LogP contribution in [0.15, 0.2) is 24.3 Å². The topological polar surface area (TPSA) is 58.6 Å². The maximum Gasteiger partial charge on any atom is 0.407 e. The number of alkyl carbamates (subject to hydrolysis) is 1. The highest BCUT2D eigenvalue weighted by Crippen LogP contribution is 2.18. The van der Waals surface area contributed by atoms with Crippen LogP contribution in [0, 0.1) is 6.92 Å². The zero-order chi connectivity index (χ0) is 14.5. The number of benzene rings is 1. The SMILES string of the molecule is Cc1ccc(C=CCNC(=O)OC(C)(C)C)cc1O. The molecule has 4 heteroatoms. The van der Waals surface area contributed by atoms with E-state index in [1.807, 2.05) is 45.9 Å². The van der Waals surface area contributed by atoms with Gasteiger partial charge in [0.05, 0.1) is 0 Å². The van der Waals surface area contributed by atoms with Gasteiger partial charge >= 0.3 is 6.09 Å². The van der Waals surface area contributed by atoms with Crippen molar-refractivity contribution in [3.63, 3.8) is 0 Å². The fraction of sp³-hybridized carbons (Fsp3) is 0.400. The number of ether oxygens (including phenoxy) is 1. The Kier molecular flexibility index (Phi) is 4.98. The first-order valence-corrected chi connectivity index (χ1v) is 6.21. The fourth-order valence-electron chi connectivity index (χ4n) is 1.38. The van der Waals surface area contributed by atoms with Crippen molar-refractivity contribution in [3.05, 3.63) is 35.4 Å². The molecule has 0 fully saturated rings. The van der Waals surface area contributed by atoms with E-state index in [1.54, 1.807) is 12.1 Å². The molecule has 0 saturated carbocycles. The summed E-state index contributed by atoms with van der Waals surface area (Å²) in [5, 5.41) is 12.2. The third-order valence-electron chi connectivity index (χ3n) is 2.31. The summed E-state index contributed by atoms with van der Waals surface area (Å²) in [6.45, 7) is 7.67. The summed E-state index contributed by atoms with van der Waals surface area (Å²) >= 11 is 0. The molecule has 1 aromatic carbocycles. The number of nitrogens with one attached hydrogen (secondary N) is 1. The Morgan fingerprint density at radius 3 is 2.68 bits per heavy atom. The molecule has 0 spiro atoms. The quantitative estimate of drug-likeness (QED) is 0.880. The predicted octanol–water partition coefficient (Wildman–Crippen LogP) is 3.24. The highest BCUT2D eigenvalue weighted by molar-refractivity contribution is 5.68. The molecule has 19 heavy (non-hydrogen) atoms. The molecular weight excluding hydrogens is 242 g/mol. The molecule has 0 bridgehead atoms. The largest absolute Gasteiger partial charge is 0.508 e. The number of amides is 1. The molecule has 0 radical (unpaired) electrons. The number of carbonyl (C=O) groups excluding carboxylic acids is 1. The number of phenols is 1. The Morgan fingerprint density at radius 1 is 1.42 bits per heavy atom. The van der Waals surface area contributed by atoms with Crippen molar-refractivity contribution in [1.29, 1.82) is 0 Å². The van der Waals surface area contributed by atoms with Gasteiger partial charge in [-0.2, -0.15) is 0 Å². The Morgan fingerprint density at radius 2 is 2.11 bits per heavy atom. The minimum Gasteiger partial charge on any atom is -0.508 e. The van der Waals surface area contributed by atoms with Crippen molar-refractivity contribution in [1.82, 2.24) is 5.32 Å². The summed E-state index contributed by atoms with van der Waals surface area (Å²) in [5.41, 5.74) is 1.23. The van der Waals surface area contributed by atoms with Crippen LogP contribution in [0.1, 0.15) is 31.9 Å². The lowest BCUT2D eigenvalue weighted by Crippen LogP contribution is -2.32. The first-order chi connectivity index (χ1) is 8.78. The lowest BCUT2D eigenvalue weighted by Gasteiger charge is -2.19. The number of rotatable bonds is 3. The Hall–Kier alpha value is -1.97. The van der Waals surface area contributed by atoms with Gasteiger partial charge in [0.15, 0.2) is 0 Å². The maximum atomic E-state index is 11.4. The van der Waals surface area contributed by atoms with Gasteiger partial charge in [-0.3, -0.25) is 0 Å². The second kappa shape index (κ2) is 6.27. The number of phenolic OH excluding ortho intramolecular Hbond substituents is 1. The van der Waals surface area contributed by atoms with Crippen LogP contribution in [-0.4, -0.2) is 23.3 Å². The molecule has 0 unspecified atom stereocenters. The number of hydrogen-bond acceptors (Lipinski definition) is 3. The van der Waals surface area contributed by atoms with Crippen LogP contribution >= 0.6 is 0 Å². The van der Waals surface area contributed by atoms with E-state index >= 15 is 0 Å². The van der Waals surface area contributed by atoms with Gasteiger partial charge < -0.3 is 15.2 Å². The monoisotopic (exact) mass is 263 g/mol. The zero-order valence-corrected chi connectivity index (χ0v) is 11.9. The van der Waals surface area contributed by atoms with Crippen molar-refractivity contribution < 1.29 is 14.6 Å². The van der Waals surface area contributed by atoms with Crippen LogP contribution in [0.2, 0.25) is 0 Å². The van der Waals surface area contributed by atoms with E-state index in [2.05, 4.69) is 5.32 Å². The maximum absolute atomic E-state index is 11.4. The van der Waals surface area contributed by atoms with Crippen molar-refractivity contribution in [2.75, 3.05) is 6.54 Å². The summed E-state index contributed by atoms with van der Waals surface area (Å²) in [4.78, 5) is 11.4. The molecule has 1 aromatic rings. The first kappa shape index (κ1) is 15.1. The van der Waals surface area contributed by atoms with Gasteiger partial charge in [0, 0.05) is 6.54 Å². The van der Waals surface area contributed by atoms with Crippen LogP contribution in [0.5, 0.6) is 5.75 Å². The summed E-state index contributed by atoms with van der Waals surface area (Å²) in [6, 6.07) is 5.43. The molecule has 0 aromatic heterocycles. The van der Waals surface area contributed by atoms with Gasteiger partial charge in [-0.25, -0.2) is 4.79 Å². The molecule has 4 nitrogen and oxygen atoms in total. The summed E-state index contributed by atoms with van der Waals surface area (Å²) in [5.74, 6) is 0.266. The third kappa shape index (κ3) is 5.95. The number of aryl methyl sites for hydroxylation is 1. The van der Waals surface area contributed by atoms with E-state index in [4.69, 9.17) is 4.74 Å². The average molecular weight is 263 g/mol. The van der Waals surface area contributed by atoms with Gasteiger partial charge in [0.25, 0.3) is 0 Å². The molecule has 0 saturated heterocycles. The average Bonchev–Trinajstić information content (AvgIpc) is 2.27. The second-order valence-corrected chi connectivity index (χ2v) is 5.33. The minimum atomic E-state index is -0.490. The molecule has 2 N–H and O–H groups in total. The molecule has 0 heterocycles. The van der Waals surface area contributed by atoms with Crippen molar-refractivity contribution in [3.8, 4) is 5.75 Å². The lowest BCUT2D eigenvalue weighted by atomic mass is 10.1. The van der Waals surface area contributed by atoms with Gasteiger partial charge in [-0.05, 0) is 44.9 Å². The Bertz CT molecular complexity index is 473. The van der Waals surface area contributed by atoms with Gasteiger partial charge in [0.2, 0.25) is 0 Å². The zero-order valence-electron chi connectivity index (χ0n) is 11.9. The number of aromatic hydroxyl groups is 1. The minimum absolute atomic E-state index is 0.266.